The maximum atomic E-state index is 12.3. The number of carbonyl (C=O) groups is 2. The molecule has 2 rings (SSSR count). The lowest BCUT2D eigenvalue weighted by Gasteiger charge is -2.36. The first-order chi connectivity index (χ1) is 10.1. The molecule has 0 saturated carbocycles. The Morgan fingerprint density at radius 1 is 1.33 bits per heavy atom. The van der Waals surface area contributed by atoms with Crippen molar-refractivity contribution < 1.29 is 14.7 Å². The summed E-state index contributed by atoms with van der Waals surface area (Å²) in [6.45, 7) is 2.60. The molecule has 21 heavy (non-hydrogen) atoms. The van der Waals surface area contributed by atoms with Gasteiger partial charge in [-0.15, -0.1) is 11.8 Å². The van der Waals surface area contributed by atoms with Gasteiger partial charge in [0.05, 0.1) is 5.75 Å². The van der Waals surface area contributed by atoms with Gasteiger partial charge in [0.1, 0.15) is 6.04 Å². The number of benzene rings is 1. The van der Waals surface area contributed by atoms with Crippen LogP contribution in [-0.2, 0) is 15.3 Å². The Bertz CT molecular complexity index is 492. The van der Waals surface area contributed by atoms with Crippen molar-refractivity contribution in [2.24, 2.45) is 5.92 Å². The second kappa shape index (κ2) is 7.50. The van der Waals surface area contributed by atoms with Gasteiger partial charge in [0.2, 0.25) is 5.91 Å². The summed E-state index contributed by atoms with van der Waals surface area (Å²) in [5.74, 6) is 0.534. The van der Waals surface area contributed by atoms with E-state index in [0.29, 0.717) is 24.6 Å². The fraction of sp³-hybridized carbons (Fsp3) is 0.500. The average molecular weight is 307 g/mol. The van der Waals surface area contributed by atoms with Crippen molar-refractivity contribution in [1.82, 2.24) is 4.90 Å². The van der Waals surface area contributed by atoms with Crippen LogP contribution in [0.2, 0.25) is 0 Å². The van der Waals surface area contributed by atoms with Gasteiger partial charge in [-0.2, -0.15) is 0 Å². The minimum atomic E-state index is -0.886. The first-order valence-corrected chi connectivity index (χ1v) is 8.37. The van der Waals surface area contributed by atoms with E-state index in [1.54, 1.807) is 4.90 Å². The second-order valence-electron chi connectivity index (χ2n) is 5.55. The Kier molecular flexibility index (Phi) is 5.67. The number of hydrogen-bond donors (Lipinski definition) is 1. The van der Waals surface area contributed by atoms with E-state index in [0.717, 1.165) is 12.2 Å². The molecule has 0 radical (unpaired) electrons. The molecule has 1 aliphatic rings. The molecule has 0 spiro atoms. The van der Waals surface area contributed by atoms with E-state index in [9.17, 15) is 14.7 Å². The molecule has 1 aromatic carbocycles. The molecule has 0 bridgehead atoms. The quantitative estimate of drug-likeness (QED) is 0.908. The summed E-state index contributed by atoms with van der Waals surface area (Å²) < 4.78 is 0. The number of likely N-dealkylation sites (tertiary alicyclic amines) is 1. The van der Waals surface area contributed by atoms with Gasteiger partial charge in [-0.3, -0.25) is 4.79 Å². The largest absolute Gasteiger partial charge is 0.480 e. The molecule has 0 aromatic heterocycles. The fourth-order valence-electron chi connectivity index (χ4n) is 2.59. The van der Waals surface area contributed by atoms with Crippen LogP contribution in [0, 0.1) is 5.92 Å². The smallest absolute Gasteiger partial charge is 0.326 e. The molecule has 4 nitrogen and oxygen atoms in total. The molecule has 1 aliphatic heterocycles. The van der Waals surface area contributed by atoms with E-state index in [1.165, 1.54) is 17.3 Å². The lowest BCUT2D eigenvalue weighted by molar-refractivity contribution is -0.151. The molecule has 1 aromatic rings. The zero-order chi connectivity index (χ0) is 15.2. The highest BCUT2D eigenvalue weighted by Crippen LogP contribution is 2.24. The van der Waals surface area contributed by atoms with Crippen molar-refractivity contribution in [3.63, 3.8) is 0 Å². The van der Waals surface area contributed by atoms with Crippen LogP contribution in [-0.4, -0.2) is 40.2 Å². The van der Waals surface area contributed by atoms with Crippen LogP contribution in [0.15, 0.2) is 30.3 Å². The maximum Gasteiger partial charge on any atom is 0.326 e. The van der Waals surface area contributed by atoms with Crippen molar-refractivity contribution in [2.75, 3.05) is 12.3 Å². The number of carbonyl (C=O) groups excluding carboxylic acids is 1. The van der Waals surface area contributed by atoms with Crippen molar-refractivity contribution in [1.29, 1.82) is 0 Å². The highest BCUT2D eigenvalue weighted by Gasteiger charge is 2.34. The van der Waals surface area contributed by atoms with E-state index in [-0.39, 0.29) is 5.91 Å². The minimum absolute atomic E-state index is 0.0600. The standard InChI is InChI=1S/C16H21NO3S/c1-12-7-8-17(14(9-12)16(19)20)15(18)11-21-10-13-5-3-2-4-6-13/h2-6,12,14H,7-11H2,1H3,(H,19,20). The Morgan fingerprint density at radius 3 is 2.71 bits per heavy atom. The van der Waals surface area contributed by atoms with E-state index in [1.807, 2.05) is 37.3 Å². The van der Waals surface area contributed by atoms with Crippen LogP contribution in [0.1, 0.15) is 25.3 Å². The minimum Gasteiger partial charge on any atom is -0.480 e. The van der Waals surface area contributed by atoms with E-state index >= 15 is 0 Å². The van der Waals surface area contributed by atoms with Crippen LogP contribution in [0.5, 0.6) is 0 Å². The highest BCUT2D eigenvalue weighted by atomic mass is 32.2. The molecule has 0 aliphatic carbocycles. The number of piperidine rings is 1. The van der Waals surface area contributed by atoms with Crippen LogP contribution in [0.4, 0.5) is 0 Å². The lowest BCUT2D eigenvalue weighted by atomic mass is 9.92. The van der Waals surface area contributed by atoms with E-state index in [2.05, 4.69) is 0 Å². The Balaban J connectivity index is 1.85. The van der Waals surface area contributed by atoms with E-state index in [4.69, 9.17) is 0 Å². The summed E-state index contributed by atoms with van der Waals surface area (Å²) in [4.78, 5) is 25.1. The summed E-state index contributed by atoms with van der Waals surface area (Å²) in [6.07, 6.45) is 1.45. The first-order valence-electron chi connectivity index (χ1n) is 7.22. The SMILES string of the molecule is CC1CCN(C(=O)CSCc2ccccc2)C(C(=O)O)C1. The van der Waals surface area contributed by atoms with Crippen LogP contribution < -0.4 is 0 Å². The molecule has 114 valence electrons. The topological polar surface area (TPSA) is 57.6 Å². The summed E-state index contributed by atoms with van der Waals surface area (Å²) in [5, 5.41) is 9.28. The van der Waals surface area contributed by atoms with Crippen molar-refractivity contribution in [2.45, 2.75) is 31.6 Å². The molecule has 1 saturated heterocycles. The van der Waals surface area contributed by atoms with Gasteiger partial charge in [0, 0.05) is 12.3 Å². The summed E-state index contributed by atoms with van der Waals surface area (Å²) in [6, 6.07) is 9.32. The van der Waals surface area contributed by atoms with Gasteiger partial charge < -0.3 is 10.0 Å². The zero-order valence-electron chi connectivity index (χ0n) is 12.2. The van der Waals surface area contributed by atoms with Crippen molar-refractivity contribution in [3.8, 4) is 0 Å². The van der Waals surface area contributed by atoms with Crippen LogP contribution in [0.25, 0.3) is 0 Å². The number of amides is 1. The van der Waals surface area contributed by atoms with Gasteiger partial charge in [-0.25, -0.2) is 4.79 Å². The Hall–Kier alpha value is -1.49. The summed E-state index contributed by atoms with van der Waals surface area (Å²) in [7, 11) is 0. The predicted molar refractivity (Wildman–Crippen MR) is 84.1 cm³/mol. The molecular weight excluding hydrogens is 286 g/mol. The third kappa shape index (κ3) is 4.49. The summed E-state index contributed by atoms with van der Waals surface area (Å²) >= 11 is 1.54. The number of carboxylic acids is 1. The number of hydrogen-bond acceptors (Lipinski definition) is 3. The zero-order valence-corrected chi connectivity index (χ0v) is 13.0. The van der Waals surface area contributed by atoms with Crippen LogP contribution >= 0.6 is 11.8 Å². The Morgan fingerprint density at radius 2 is 2.05 bits per heavy atom. The predicted octanol–water partition coefficient (Wildman–Crippen LogP) is 2.63. The molecular formula is C16H21NO3S. The van der Waals surface area contributed by atoms with Gasteiger partial charge in [-0.1, -0.05) is 37.3 Å². The fourth-order valence-corrected chi connectivity index (χ4v) is 3.46. The molecule has 1 amide bonds. The van der Waals surface area contributed by atoms with Crippen molar-refractivity contribution >= 4 is 23.6 Å². The Labute approximate surface area is 129 Å². The second-order valence-corrected chi connectivity index (χ2v) is 6.53. The number of carboxylic acid groups (broad SMARTS) is 1. The molecule has 1 heterocycles. The third-order valence-electron chi connectivity index (χ3n) is 3.81. The molecule has 2 unspecified atom stereocenters. The first kappa shape index (κ1) is 15.9. The maximum absolute atomic E-state index is 12.3. The van der Waals surface area contributed by atoms with Gasteiger partial charge in [-0.05, 0) is 24.3 Å². The average Bonchev–Trinajstić information content (AvgIpc) is 2.48. The lowest BCUT2D eigenvalue weighted by Crippen LogP contribution is -2.50. The number of rotatable bonds is 5. The van der Waals surface area contributed by atoms with Gasteiger partial charge in [0.15, 0.2) is 0 Å². The normalized spacial score (nSPS) is 22.0. The van der Waals surface area contributed by atoms with Crippen LogP contribution in [0.3, 0.4) is 0 Å². The van der Waals surface area contributed by atoms with E-state index < -0.39 is 12.0 Å². The number of nitrogens with zero attached hydrogens (tertiary/aromatic N) is 1. The monoisotopic (exact) mass is 307 g/mol. The summed E-state index contributed by atoms with van der Waals surface area (Å²) in [5.41, 5.74) is 1.18. The molecule has 5 heteroatoms. The molecule has 2 atom stereocenters. The number of aliphatic carboxylic acids is 1. The van der Waals surface area contributed by atoms with Crippen molar-refractivity contribution in [3.05, 3.63) is 35.9 Å². The third-order valence-corrected chi connectivity index (χ3v) is 4.80. The number of thioether (sulfide) groups is 1. The molecule has 1 fully saturated rings. The molecule has 1 N–H and O–H groups in total. The van der Waals surface area contributed by atoms with Gasteiger partial charge in [0.25, 0.3) is 0 Å². The highest BCUT2D eigenvalue weighted by molar-refractivity contribution is 7.99. The van der Waals surface area contributed by atoms with Gasteiger partial charge >= 0.3 is 5.97 Å².